The summed E-state index contributed by atoms with van der Waals surface area (Å²) in [5.41, 5.74) is 0. The van der Waals surface area contributed by atoms with Crippen molar-refractivity contribution in [1.82, 2.24) is 0 Å². The van der Waals surface area contributed by atoms with Crippen molar-refractivity contribution in [3.8, 4) is 0 Å². The molecule has 14 heteroatoms. The predicted octanol–water partition coefficient (Wildman–Crippen LogP) is -9.39. The van der Waals surface area contributed by atoms with E-state index < -0.39 is 61.7 Å². The third-order valence-electron chi connectivity index (χ3n) is 0. The Kier molecular flexibility index (Phi) is 54.7. The zero-order valence-electron chi connectivity index (χ0n) is 6.33. The third-order valence-corrected chi connectivity index (χ3v) is 0. The molecular formula is In2O9Sn3. The van der Waals surface area contributed by atoms with Crippen molar-refractivity contribution < 1.29 is 29.9 Å². The maximum atomic E-state index is 8.61. The van der Waals surface area contributed by atoms with Gasteiger partial charge in [-0.2, -0.15) is 0 Å². The molecule has 0 aliphatic carbocycles. The number of hydrogen-bond acceptors (Lipinski definition) is 9. The van der Waals surface area contributed by atoms with E-state index >= 15 is 0 Å². The van der Waals surface area contributed by atoms with Crippen LogP contribution in [-0.2, 0) is 9.23 Å². The molecule has 0 N–H and O–H groups in total. The van der Waals surface area contributed by atoms with Gasteiger partial charge >= 0.3 is 143 Å². The van der Waals surface area contributed by atoms with Gasteiger partial charge in [-0.25, -0.2) is 0 Å². The molecule has 0 radical (unpaired) electrons. The summed E-state index contributed by atoms with van der Waals surface area (Å²) in [5.74, 6) is 0. The van der Waals surface area contributed by atoms with E-state index in [0.717, 1.165) is 0 Å². The van der Waals surface area contributed by atoms with Crippen LogP contribution in [0, 0.1) is 0 Å². The summed E-state index contributed by atoms with van der Waals surface area (Å²) < 4.78 is 77.5. The van der Waals surface area contributed by atoms with Gasteiger partial charge in [-0.15, -0.1) is 0 Å². The Morgan fingerprint density at radius 2 is 0.500 bits per heavy atom. The van der Waals surface area contributed by atoms with Gasteiger partial charge in [0, 0.05) is 0 Å². The Balaban J connectivity index is -0.0000000270. The van der Waals surface area contributed by atoms with E-state index in [9.17, 15) is 0 Å². The van der Waals surface area contributed by atoms with Crippen LogP contribution in [0.3, 0.4) is 0 Å². The van der Waals surface area contributed by atoms with E-state index in [1.807, 2.05) is 0 Å². The van der Waals surface area contributed by atoms with Gasteiger partial charge in [0.2, 0.25) is 0 Å². The average molecular weight is 730 g/mol. The second-order valence-electron chi connectivity index (χ2n) is 0.750. The molecule has 0 atom stereocenters. The second-order valence-corrected chi connectivity index (χ2v) is 5.03. The quantitative estimate of drug-likeness (QED) is 0.218. The summed E-state index contributed by atoms with van der Waals surface area (Å²) in [6.45, 7) is 0. The monoisotopic (exact) mass is 733 g/mol. The van der Waals surface area contributed by atoms with E-state index in [4.69, 9.17) is 29.9 Å². The molecule has 0 aromatic rings. The second kappa shape index (κ2) is 25.2. The van der Waals surface area contributed by atoms with E-state index in [1.165, 1.54) is 0 Å². The summed E-state index contributed by atoms with van der Waals surface area (Å²) in [5, 5.41) is 0. The number of rotatable bonds is 0. The van der Waals surface area contributed by atoms with Crippen molar-refractivity contribution >= 4 is 113 Å². The molecule has 0 rings (SSSR count). The van der Waals surface area contributed by atoms with Crippen molar-refractivity contribution in [2.24, 2.45) is 0 Å². The van der Waals surface area contributed by atoms with Gasteiger partial charge in [-0.05, 0) is 0 Å². The van der Waals surface area contributed by atoms with Crippen LogP contribution < -0.4 is 20.7 Å². The standard InChI is InChI=1S/2In.9O.3Sn/q2*+3;;;;6*-1;;;. The van der Waals surface area contributed by atoms with Crippen LogP contribution in [0.15, 0.2) is 0 Å². The van der Waals surface area contributed by atoms with Crippen LogP contribution in [0.1, 0.15) is 0 Å². The molecule has 0 saturated carbocycles. The van der Waals surface area contributed by atoms with E-state index in [-0.39, 0.29) is 51.7 Å². The van der Waals surface area contributed by atoms with E-state index in [2.05, 4.69) is 0 Å². The Labute approximate surface area is 140 Å². The van der Waals surface area contributed by atoms with Crippen molar-refractivity contribution in [3.63, 3.8) is 0 Å². The van der Waals surface area contributed by atoms with Gasteiger partial charge in [0.05, 0.1) is 0 Å². The molecule has 0 aliphatic heterocycles. The third kappa shape index (κ3) is 288. The molecule has 14 heavy (non-hydrogen) atoms. The first-order chi connectivity index (χ1) is 5.20. The molecule has 0 aromatic carbocycles. The van der Waals surface area contributed by atoms with Gasteiger partial charge < -0.3 is 0 Å². The molecule has 0 aliphatic rings. The van der Waals surface area contributed by atoms with Crippen LogP contribution >= 0.6 is 0 Å². The van der Waals surface area contributed by atoms with E-state index in [0.29, 0.717) is 0 Å². The van der Waals surface area contributed by atoms with Gasteiger partial charge in [-0.1, -0.05) is 0 Å². The Bertz CT molecular complexity index is 116. The molecule has 72 valence electrons. The normalized spacial score (nSPS) is 5.57. The van der Waals surface area contributed by atoms with Gasteiger partial charge in [0.15, 0.2) is 0 Å². The fourth-order valence-electron chi connectivity index (χ4n) is 0. The molecule has 9 nitrogen and oxygen atoms in total. The van der Waals surface area contributed by atoms with Crippen LogP contribution in [0.2, 0.25) is 0 Å². The molecule has 0 saturated heterocycles. The first kappa shape index (κ1) is 30.4. The maximum absolute atomic E-state index is 8.61. The van der Waals surface area contributed by atoms with Crippen LogP contribution in [0.25, 0.3) is 0 Å². The summed E-state index contributed by atoms with van der Waals surface area (Å²) in [7, 11) is 0. The zero-order chi connectivity index (χ0) is 10.7. The summed E-state index contributed by atoms with van der Waals surface area (Å²) in [6.07, 6.45) is 0. The van der Waals surface area contributed by atoms with Crippen LogP contribution in [0.5, 0.6) is 0 Å². The van der Waals surface area contributed by atoms with Gasteiger partial charge in [-0.3, -0.25) is 0 Å². The minimum absolute atomic E-state index is 0. The Hall–Kier alpha value is 3.30. The first-order valence-corrected chi connectivity index (χ1v) is 12.3. The average Bonchev–Trinajstić information content (AvgIpc) is 1.54. The minimum atomic E-state index is -4.29. The summed E-state index contributed by atoms with van der Waals surface area (Å²) >= 11 is -12.9. The molecule has 0 heterocycles. The van der Waals surface area contributed by atoms with Gasteiger partial charge in [0.25, 0.3) is 0 Å². The Morgan fingerprint density at radius 1 is 0.500 bits per heavy atom. The molecular weight excluding hydrogens is 730 g/mol. The summed E-state index contributed by atoms with van der Waals surface area (Å²) in [4.78, 5) is 0. The molecule has 0 spiro atoms. The topological polar surface area (TPSA) is 190 Å². The van der Waals surface area contributed by atoms with Crippen molar-refractivity contribution in [3.05, 3.63) is 0 Å². The predicted molar refractivity (Wildman–Crippen MR) is 30.8 cm³/mol. The fraction of sp³-hybridized carbons (Fsp3) is 0. The van der Waals surface area contributed by atoms with Crippen molar-refractivity contribution in [2.75, 3.05) is 0 Å². The SMILES string of the molecule is [In+3].[In+3].[O]=[Sn]([O-])[O-].[O]=[Sn]([O-])[O-].[O]=[Sn]([O-])[O-]. The first-order valence-electron chi connectivity index (χ1n) is 1.84. The van der Waals surface area contributed by atoms with Crippen LogP contribution in [0.4, 0.5) is 0 Å². The van der Waals surface area contributed by atoms with E-state index in [1.54, 1.807) is 0 Å². The molecule has 0 bridgehead atoms. The van der Waals surface area contributed by atoms with Gasteiger partial charge in [0.1, 0.15) is 0 Å². The summed E-state index contributed by atoms with van der Waals surface area (Å²) in [6, 6.07) is 0. The Morgan fingerprint density at radius 3 is 0.500 bits per heavy atom. The van der Waals surface area contributed by atoms with Crippen molar-refractivity contribution in [2.45, 2.75) is 0 Å². The fourth-order valence-corrected chi connectivity index (χ4v) is 0. The van der Waals surface area contributed by atoms with Crippen molar-refractivity contribution in [1.29, 1.82) is 0 Å². The molecule has 0 amide bonds. The molecule has 0 fully saturated rings. The zero-order valence-corrected chi connectivity index (χ0v) is 21.5. The van der Waals surface area contributed by atoms with Crippen LogP contribution in [-0.4, -0.2) is 113 Å². The molecule has 0 unspecified atom stereocenters. The molecule has 0 aromatic heterocycles. The number of hydrogen-bond donors (Lipinski definition) is 0.